The largest absolute Gasteiger partial charge is 0.371 e. The molecule has 0 aliphatic carbocycles. The molecular formula is C13H19ClN2. The standard InChI is InChI=1S/C13H19ClN2/c1-15-10-11-5-6-12(14)9-13(11)16-7-3-2-4-8-16/h5-6,9,15H,2-4,7-8,10H2,1H3. The summed E-state index contributed by atoms with van der Waals surface area (Å²) in [6, 6.07) is 6.20. The second-order valence-electron chi connectivity index (χ2n) is 4.35. The Morgan fingerprint density at radius 3 is 2.69 bits per heavy atom. The van der Waals surface area contributed by atoms with Crippen molar-refractivity contribution in [3.8, 4) is 0 Å². The molecule has 2 nitrogen and oxygen atoms in total. The molecule has 0 atom stereocenters. The van der Waals surface area contributed by atoms with Gasteiger partial charge in [0.2, 0.25) is 0 Å². The van der Waals surface area contributed by atoms with E-state index in [0.717, 1.165) is 24.7 Å². The molecule has 88 valence electrons. The van der Waals surface area contributed by atoms with Gasteiger partial charge in [-0.05, 0) is 44.0 Å². The number of anilines is 1. The number of nitrogens with one attached hydrogen (secondary N) is 1. The van der Waals surface area contributed by atoms with Crippen LogP contribution in [0.2, 0.25) is 5.02 Å². The van der Waals surface area contributed by atoms with Gasteiger partial charge in [0.1, 0.15) is 0 Å². The number of hydrogen-bond donors (Lipinski definition) is 1. The second-order valence-corrected chi connectivity index (χ2v) is 4.79. The summed E-state index contributed by atoms with van der Waals surface area (Å²) < 4.78 is 0. The van der Waals surface area contributed by atoms with E-state index in [9.17, 15) is 0 Å². The van der Waals surface area contributed by atoms with Gasteiger partial charge in [-0.2, -0.15) is 0 Å². The zero-order valence-corrected chi connectivity index (χ0v) is 10.6. The average Bonchev–Trinajstić information content (AvgIpc) is 2.33. The summed E-state index contributed by atoms with van der Waals surface area (Å²) in [5.41, 5.74) is 2.65. The summed E-state index contributed by atoms with van der Waals surface area (Å²) >= 11 is 6.09. The van der Waals surface area contributed by atoms with Gasteiger partial charge in [0.15, 0.2) is 0 Å². The van der Waals surface area contributed by atoms with Crippen molar-refractivity contribution in [3.05, 3.63) is 28.8 Å². The number of rotatable bonds is 3. The molecular weight excluding hydrogens is 220 g/mol. The third kappa shape index (κ3) is 2.69. The molecule has 1 saturated heterocycles. The molecule has 0 spiro atoms. The van der Waals surface area contributed by atoms with E-state index in [1.165, 1.54) is 30.5 Å². The summed E-state index contributed by atoms with van der Waals surface area (Å²) in [4.78, 5) is 2.46. The van der Waals surface area contributed by atoms with E-state index >= 15 is 0 Å². The monoisotopic (exact) mass is 238 g/mol. The Balaban J connectivity index is 2.24. The number of piperidine rings is 1. The van der Waals surface area contributed by atoms with Crippen LogP contribution in [0.4, 0.5) is 5.69 Å². The maximum absolute atomic E-state index is 6.09. The molecule has 1 N–H and O–H groups in total. The first kappa shape index (κ1) is 11.7. The number of hydrogen-bond acceptors (Lipinski definition) is 2. The molecule has 0 amide bonds. The average molecular weight is 239 g/mol. The lowest BCUT2D eigenvalue weighted by atomic mass is 10.1. The van der Waals surface area contributed by atoms with Crippen LogP contribution >= 0.6 is 11.6 Å². The van der Waals surface area contributed by atoms with E-state index < -0.39 is 0 Å². The lowest BCUT2D eigenvalue weighted by Gasteiger charge is -2.30. The van der Waals surface area contributed by atoms with Gasteiger partial charge in [-0.25, -0.2) is 0 Å². The molecule has 0 saturated carbocycles. The minimum absolute atomic E-state index is 0.834. The minimum Gasteiger partial charge on any atom is -0.371 e. The van der Waals surface area contributed by atoms with E-state index in [2.05, 4.69) is 22.3 Å². The Bertz CT molecular complexity index is 346. The summed E-state index contributed by atoms with van der Waals surface area (Å²) in [7, 11) is 1.98. The molecule has 1 aromatic rings. The van der Waals surface area contributed by atoms with Gasteiger partial charge < -0.3 is 10.2 Å². The Labute approximate surface area is 103 Å². The van der Waals surface area contributed by atoms with Crippen LogP contribution in [0.3, 0.4) is 0 Å². The number of nitrogens with zero attached hydrogens (tertiary/aromatic N) is 1. The molecule has 0 bridgehead atoms. The zero-order valence-electron chi connectivity index (χ0n) is 9.80. The third-order valence-electron chi connectivity index (χ3n) is 3.11. The molecule has 1 aliphatic heterocycles. The minimum atomic E-state index is 0.834. The number of halogens is 1. The molecule has 1 aliphatic rings. The fourth-order valence-corrected chi connectivity index (χ4v) is 2.47. The van der Waals surface area contributed by atoms with E-state index in [-0.39, 0.29) is 0 Å². The van der Waals surface area contributed by atoms with Crippen molar-refractivity contribution in [2.24, 2.45) is 0 Å². The van der Waals surface area contributed by atoms with Crippen molar-refractivity contribution in [2.45, 2.75) is 25.8 Å². The predicted molar refractivity (Wildman–Crippen MR) is 70.3 cm³/mol. The van der Waals surface area contributed by atoms with Crippen molar-refractivity contribution < 1.29 is 0 Å². The van der Waals surface area contributed by atoms with Gasteiger partial charge >= 0.3 is 0 Å². The van der Waals surface area contributed by atoms with Crippen molar-refractivity contribution in [1.29, 1.82) is 0 Å². The maximum atomic E-state index is 6.09. The summed E-state index contributed by atoms with van der Waals surface area (Å²) in [5.74, 6) is 0. The van der Waals surface area contributed by atoms with E-state index in [1.54, 1.807) is 0 Å². The van der Waals surface area contributed by atoms with Crippen molar-refractivity contribution in [3.63, 3.8) is 0 Å². The van der Waals surface area contributed by atoms with Crippen molar-refractivity contribution >= 4 is 17.3 Å². The van der Waals surface area contributed by atoms with Crippen LogP contribution in [0.5, 0.6) is 0 Å². The Hall–Kier alpha value is -0.730. The summed E-state index contributed by atoms with van der Waals surface area (Å²) in [5, 5.41) is 4.05. The summed E-state index contributed by atoms with van der Waals surface area (Å²) in [6.07, 6.45) is 3.95. The highest BCUT2D eigenvalue weighted by molar-refractivity contribution is 6.30. The predicted octanol–water partition coefficient (Wildman–Crippen LogP) is 3.05. The quantitative estimate of drug-likeness (QED) is 0.871. The van der Waals surface area contributed by atoms with Crippen LogP contribution in [0.25, 0.3) is 0 Å². The number of benzene rings is 1. The molecule has 1 aromatic carbocycles. The van der Waals surface area contributed by atoms with Gasteiger partial charge in [0.25, 0.3) is 0 Å². The molecule has 3 heteroatoms. The van der Waals surface area contributed by atoms with E-state index in [4.69, 9.17) is 11.6 Å². The normalized spacial score (nSPS) is 16.5. The maximum Gasteiger partial charge on any atom is 0.0426 e. The smallest absolute Gasteiger partial charge is 0.0426 e. The van der Waals surface area contributed by atoms with Crippen LogP contribution in [-0.2, 0) is 6.54 Å². The van der Waals surface area contributed by atoms with Crippen LogP contribution in [0, 0.1) is 0 Å². The lowest BCUT2D eigenvalue weighted by molar-refractivity contribution is 0.575. The van der Waals surface area contributed by atoms with E-state index in [0.29, 0.717) is 0 Å². The molecule has 16 heavy (non-hydrogen) atoms. The first-order valence-corrected chi connectivity index (χ1v) is 6.37. The molecule has 0 radical (unpaired) electrons. The van der Waals surface area contributed by atoms with Crippen LogP contribution in [0.1, 0.15) is 24.8 Å². The van der Waals surface area contributed by atoms with Gasteiger partial charge in [-0.1, -0.05) is 17.7 Å². The van der Waals surface area contributed by atoms with Crippen LogP contribution < -0.4 is 10.2 Å². The van der Waals surface area contributed by atoms with Crippen molar-refractivity contribution in [2.75, 3.05) is 25.0 Å². The van der Waals surface area contributed by atoms with Crippen LogP contribution in [-0.4, -0.2) is 20.1 Å². The third-order valence-corrected chi connectivity index (χ3v) is 3.35. The lowest BCUT2D eigenvalue weighted by Crippen LogP contribution is -2.30. The molecule has 0 unspecified atom stereocenters. The highest BCUT2D eigenvalue weighted by Gasteiger charge is 2.14. The SMILES string of the molecule is CNCc1ccc(Cl)cc1N1CCCCC1. The zero-order chi connectivity index (χ0) is 11.4. The molecule has 2 rings (SSSR count). The Morgan fingerprint density at radius 2 is 2.00 bits per heavy atom. The van der Waals surface area contributed by atoms with E-state index in [1.807, 2.05) is 13.1 Å². The Kier molecular flexibility index (Phi) is 4.08. The molecule has 0 aromatic heterocycles. The fraction of sp³-hybridized carbons (Fsp3) is 0.538. The molecule has 1 heterocycles. The first-order chi connectivity index (χ1) is 7.81. The van der Waals surface area contributed by atoms with Gasteiger partial charge in [0, 0.05) is 30.3 Å². The Morgan fingerprint density at radius 1 is 1.25 bits per heavy atom. The summed E-state index contributed by atoms with van der Waals surface area (Å²) in [6.45, 7) is 3.23. The van der Waals surface area contributed by atoms with Crippen LogP contribution in [0.15, 0.2) is 18.2 Å². The second kappa shape index (κ2) is 5.55. The first-order valence-electron chi connectivity index (χ1n) is 5.99. The molecule has 1 fully saturated rings. The highest BCUT2D eigenvalue weighted by Crippen LogP contribution is 2.27. The fourth-order valence-electron chi connectivity index (χ4n) is 2.31. The highest BCUT2D eigenvalue weighted by atomic mass is 35.5. The van der Waals surface area contributed by atoms with Gasteiger partial charge in [-0.15, -0.1) is 0 Å². The van der Waals surface area contributed by atoms with Crippen molar-refractivity contribution in [1.82, 2.24) is 5.32 Å². The topological polar surface area (TPSA) is 15.3 Å². The van der Waals surface area contributed by atoms with Gasteiger partial charge in [-0.3, -0.25) is 0 Å². The van der Waals surface area contributed by atoms with Gasteiger partial charge in [0.05, 0.1) is 0 Å².